The third-order valence-electron chi connectivity index (χ3n) is 3.13. The lowest BCUT2D eigenvalue weighted by Crippen LogP contribution is -2.28. The largest absolute Gasteiger partial charge is 0.356 e. The van der Waals surface area contributed by atoms with E-state index >= 15 is 0 Å². The van der Waals surface area contributed by atoms with Crippen molar-refractivity contribution in [1.82, 2.24) is 10.3 Å². The highest BCUT2D eigenvalue weighted by atomic mass is 19.1. The van der Waals surface area contributed by atoms with Crippen molar-refractivity contribution < 1.29 is 4.39 Å². The number of hydrogen-bond donors (Lipinski definition) is 1. The molecule has 1 aromatic rings. The Morgan fingerprint density at radius 1 is 1.53 bits per heavy atom. The molecule has 94 valence electrons. The van der Waals surface area contributed by atoms with Crippen molar-refractivity contribution in [3.63, 3.8) is 0 Å². The van der Waals surface area contributed by atoms with Crippen molar-refractivity contribution in [2.24, 2.45) is 5.92 Å². The van der Waals surface area contributed by atoms with E-state index in [4.69, 9.17) is 0 Å². The van der Waals surface area contributed by atoms with Crippen molar-refractivity contribution in [2.75, 3.05) is 25.0 Å². The van der Waals surface area contributed by atoms with Gasteiger partial charge in [0.05, 0.1) is 6.20 Å². The van der Waals surface area contributed by atoms with Crippen LogP contribution in [0.1, 0.15) is 25.3 Å². The summed E-state index contributed by atoms with van der Waals surface area (Å²) in [7, 11) is 1.87. The standard InChI is InChI=1S/C13H20FN3/c1-3-17(9-10-4-5-10)13-11(7-15-2)6-12(14)8-16-13/h6,8,10,15H,3-5,7,9H2,1-2H3. The van der Waals surface area contributed by atoms with Gasteiger partial charge in [0, 0.05) is 25.2 Å². The lowest BCUT2D eigenvalue weighted by Gasteiger charge is -2.24. The van der Waals surface area contributed by atoms with Crippen LogP contribution in [-0.4, -0.2) is 25.1 Å². The predicted octanol–water partition coefficient (Wildman–Crippen LogP) is 2.18. The van der Waals surface area contributed by atoms with Gasteiger partial charge >= 0.3 is 0 Å². The number of pyridine rings is 1. The summed E-state index contributed by atoms with van der Waals surface area (Å²) in [6.07, 6.45) is 3.95. The second-order valence-corrected chi connectivity index (χ2v) is 4.65. The molecule has 0 bridgehead atoms. The molecule has 0 atom stereocenters. The molecule has 0 radical (unpaired) electrons. The maximum Gasteiger partial charge on any atom is 0.141 e. The molecular weight excluding hydrogens is 217 g/mol. The Labute approximate surface area is 102 Å². The van der Waals surface area contributed by atoms with Crippen LogP contribution in [0, 0.1) is 11.7 Å². The summed E-state index contributed by atoms with van der Waals surface area (Å²) in [6.45, 7) is 4.75. The molecule has 0 spiro atoms. The Balaban J connectivity index is 2.20. The molecule has 2 rings (SSSR count). The van der Waals surface area contributed by atoms with Gasteiger partial charge in [-0.2, -0.15) is 0 Å². The zero-order valence-electron chi connectivity index (χ0n) is 10.5. The van der Waals surface area contributed by atoms with Crippen LogP contribution in [-0.2, 0) is 6.54 Å². The molecule has 4 heteroatoms. The topological polar surface area (TPSA) is 28.2 Å². The first-order valence-corrected chi connectivity index (χ1v) is 6.28. The van der Waals surface area contributed by atoms with Crippen LogP contribution in [0.2, 0.25) is 0 Å². The zero-order chi connectivity index (χ0) is 12.3. The van der Waals surface area contributed by atoms with Crippen molar-refractivity contribution in [3.8, 4) is 0 Å². The molecule has 3 nitrogen and oxygen atoms in total. The van der Waals surface area contributed by atoms with Crippen molar-refractivity contribution in [3.05, 3.63) is 23.6 Å². The first-order chi connectivity index (χ1) is 8.24. The number of aromatic nitrogens is 1. The number of rotatable bonds is 6. The summed E-state index contributed by atoms with van der Waals surface area (Å²) < 4.78 is 13.2. The molecule has 1 aromatic heterocycles. The summed E-state index contributed by atoms with van der Waals surface area (Å²) in [5.74, 6) is 1.47. The normalized spacial score (nSPS) is 15.0. The van der Waals surface area contributed by atoms with Crippen LogP contribution >= 0.6 is 0 Å². The van der Waals surface area contributed by atoms with Gasteiger partial charge in [-0.3, -0.25) is 0 Å². The van der Waals surface area contributed by atoms with Gasteiger partial charge in [-0.15, -0.1) is 0 Å². The van der Waals surface area contributed by atoms with Gasteiger partial charge in [0.1, 0.15) is 11.6 Å². The first-order valence-electron chi connectivity index (χ1n) is 6.28. The second-order valence-electron chi connectivity index (χ2n) is 4.65. The number of halogens is 1. The molecule has 1 heterocycles. The van der Waals surface area contributed by atoms with Gasteiger partial charge in [0.25, 0.3) is 0 Å². The summed E-state index contributed by atoms with van der Waals surface area (Å²) in [5.41, 5.74) is 0.940. The van der Waals surface area contributed by atoms with Crippen molar-refractivity contribution >= 4 is 5.82 Å². The van der Waals surface area contributed by atoms with E-state index in [-0.39, 0.29) is 5.82 Å². The van der Waals surface area contributed by atoms with Gasteiger partial charge in [-0.1, -0.05) is 0 Å². The van der Waals surface area contributed by atoms with Crippen LogP contribution in [0.25, 0.3) is 0 Å². The quantitative estimate of drug-likeness (QED) is 0.822. The van der Waals surface area contributed by atoms with Gasteiger partial charge in [-0.05, 0) is 38.8 Å². The Morgan fingerprint density at radius 2 is 2.29 bits per heavy atom. The van der Waals surface area contributed by atoms with Crippen LogP contribution in [0.5, 0.6) is 0 Å². The van der Waals surface area contributed by atoms with E-state index in [1.807, 2.05) is 7.05 Å². The minimum Gasteiger partial charge on any atom is -0.356 e. The van der Waals surface area contributed by atoms with Crippen LogP contribution in [0.3, 0.4) is 0 Å². The summed E-state index contributed by atoms with van der Waals surface area (Å²) in [4.78, 5) is 6.51. The zero-order valence-corrected chi connectivity index (χ0v) is 10.5. The maximum atomic E-state index is 13.2. The van der Waals surface area contributed by atoms with Crippen LogP contribution in [0.15, 0.2) is 12.3 Å². The van der Waals surface area contributed by atoms with Crippen molar-refractivity contribution in [1.29, 1.82) is 0 Å². The summed E-state index contributed by atoms with van der Waals surface area (Å²) >= 11 is 0. The maximum absolute atomic E-state index is 13.2. The summed E-state index contributed by atoms with van der Waals surface area (Å²) in [5, 5.41) is 3.07. The highest BCUT2D eigenvalue weighted by Crippen LogP contribution is 2.31. The Bertz CT molecular complexity index is 377. The number of hydrogen-bond acceptors (Lipinski definition) is 3. The smallest absolute Gasteiger partial charge is 0.141 e. The number of nitrogens with zero attached hydrogens (tertiary/aromatic N) is 2. The third-order valence-corrected chi connectivity index (χ3v) is 3.13. The third kappa shape index (κ3) is 3.16. The molecule has 1 saturated carbocycles. The van der Waals surface area contributed by atoms with E-state index < -0.39 is 0 Å². The van der Waals surface area contributed by atoms with Gasteiger partial charge in [-0.25, -0.2) is 9.37 Å². The molecule has 1 aliphatic carbocycles. The average Bonchev–Trinajstić information content (AvgIpc) is 3.11. The van der Waals surface area contributed by atoms with E-state index in [0.717, 1.165) is 30.4 Å². The molecule has 1 aliphatic rings. The van der Waals surface area contributed by atoms with Crippen LogP contribution in [0.4, 0.5) is 10.2 Å². The van der Waals surface area contributed by atoms with E-state index in [1.165, 1.54) is 19.0 Å². The molecule has 1 N–H and O–H groups in total. The highest BCUT2D eigenvalue weighted by Gasteiger charge is 2.25. The van der Waals surface area contributed by atoms with E-state index in [0.29, 0.717) is 6.54 Å². The molecule has 0 saturated heterocycles. The lowest BCUT2D eigenvalue weighted by atomic mass is 10.2. The fourth-order valence-electron chi connectivity index (χ4n) is 2.06. The average molecular weight is 237 g/mol. The molecular formula is C13H20FN3. The Kier molecular flexibility index (Phi) is 3.94. The van der Waals surface area contributed by atoms with Crippen molar-refractivity contribution in [2.45, 2.75) is 26.3 Å². The van der Waals surface area contributed by atoms with Gasteiger partial charge < -0.3 is 10.2 Å². The number of nitrogens with one attached hydrogen (secondary N) is 1. The number of anilines is 1. The minimum atomic E-state index is -0.263. The van der Waals surface area contributed by atoms with Crippen LogP contribution < -0.4 is 10.2 Å². The summed E-state index contributed by atoms with van der Waals surface area (Å²) in [6, 6.07) is 1.58. The molecule has 0 aromatic carbocycles. The highest BCUT2D eigenvalue weighted by molar-refractivity contribution is 5.47. The minimum absolute atomic E-state index is 0.263. The predicted molar refractivity (Wildman–Crippen MR) is 67.6 cm³/mol. The van der Waals surface area contributed by atoms with E-state index in [9.17, 15) is 4.39 Å². The fourth-order valence-corrected chi connectivity index (χ4v) is 2.06. The van der Waals surface area contributed by atoms with Gasteiger partial charge in [0.2, 0.25) is 0 Å². The SMILES string of the molecule is CCN(CC1CC1)c1ncc(F)cc1CNC. The van der Waals surface area contributed by atoms with E-state index in [1.54, 1.807) is 6.07 Å². The lowest BCUT2D eigenvalue weighted by molar-refractivity contribution is 0.613. The monoisotopic (exact) mass is 237 g/mol. The molecule has 0 amide bonds. The second kappa shape index (κ2) is 5.45. The molecule has 0 unspecified atom stereocenters. The van der Waals surface area contributed by atoms with Gasteiger partial charge in [0.15, 0.2) is 0 Å². The Hall–Kier alpha value is -1.16. The molecule has 17 heavy (non-hydrogen) atoms. The van der Waals surface area contributed by atoms with E-state index in [2.05, 4.69) is 22.1 Å². The Morgan fingerprint density at radius 3 is 2.88 bits per heavy atom. The fraction of sp³-hybridized carbons (Fsp3) is 0.615. The first kappa shape index (κ1) is 12.3. The molecule has 0 aliphatic heterocycles. The molecule has 1 fully saturated rings.